The van der Waals surface area contributed by atoms with Gasteiger partial charge in [-0.25, -0.2) is 0 Å². The van der Waals surface area contributed by atoms with Crippen LogP contribution >= 0.6 is 23.2 Å². The normalized spacial score (nSPS) is 17.7. The first-order valence-electron chi connectivity index (χ1n) is 9.88. The molecule has 0 saturated heterocycles. The number of Topliss-reactive ketones (excluding diaryl/α,β-unsaturated/α-hetero) is 1. The van der Waals surface area contributed by atoms with E-state index < -0.39 is 11.5 Å². The SMILES string of the molecule is Cc1ccc(CN2C(=O)C(O)(CC(=O)c3ccc(Cl)cc3)c3cc(Cl)ccc32)c(C)c1. The number of fused-ring (bicyclic) bond motifs is 1. The molecule has 4 rings (SSSR count). The third kappa shape index (κ3) is 3.99. The van der Waals surface area contributed by atoms with Crippen molar-refractivity contribution < 1.29 is 14.7 Å². The van der Waals surface area contributed by atoms with E-state index in [1.165, 1.54) is 4.90 Å². The molecule has 1 aliphatic rings. The topological polar surface area (TPSA) is 57.6 Å². The number of halogens is 2. The molecule has 1 aliphatic heterocycles. The first kappa shape index (κ1) is 21.6. The number of hydrogen-bond donors (Lipinski definition) is 1. The summed E-state index contributed by atoms with van der Waals surface area (Å²) in [6, 6.07) is 17.3. The van der Waals surface area contributed by atoms with E-state index in [0.29, 0.717) is 26.9 Å². The Bertz CT molecular complexity index is 1190. The molecular formula is C25H21Cl2NO3. The van der Waals surface area contributed by atoms with Crippen LogP contribution in [0.15, 0.2) is 60.7 Å². The zero-order valence-corrected chi connectivity index (χ0v) is 18.7. The molecule has 6 heteroatoms. The quantitative estimate of drug-likeness (QED) is 0.510. The van der Waals surface area contributed by atoms with Crippen molar-refractivity contribution in [2.75, 3.05) is 4.90 Å². The van der Waals surface area contributed by atoms with Gasteiger partial charge in [-0.15, -0.1) is 0 Å². The van der Waals surface area contributed by atoms with E-state index in [0.717, 1.165) is 16.7 Å². The average Bonchev–Trinajstić information content (AvgIpc) is 2.92. The lowest BCUT2D eigenvalue weighted by atomic mass is 9.88. The van der Waals surface area contributed by atoms with Gasteiger partial charge in [-0.05, 0) is 67.4 Å². The number of amides is 1. The molecule has 1 atom stereocenters. The van der Waals surface area contributed by atoms with Crippen LogP contribution in [0.25, 0.3) is 0 Å². The number of ketones is 1. The second-order valence-corrected chi connectivity index (χ2v) is 8.82. The van der Waals surface area contributed by atoms with E-state index >= 15 is 0 Å². The molecule has 0 fully saturated rings. The van der Waals surface area contributed by atoms with Gasteiger partial charge in [0.25, 0.3) is 5.91 Å². The lowest BCUT2D eigenvalue weighted by Crippen LogP contribution is -2.41. The van der Waals surface area contributed by atoms with Gasteiger partial charge in [0.05, 0.1) is 18.7 Å². The lowest BCUT2D eigenvalue weighted by molar-refractivity contribution is -0.136. The molecular weight excluding hydrogens is 433 g/mol. The molecule has 4 nitrogen and oxygen atoms in total. The zero-order chi connectivity index (χ0) is 22.3. The molecule has 3 aromatic carbocycles. The van der Waals surface area contributed by atoms with Gasteiger partial charge in [0, 0.05) is 21.2 Å². The van der Waals surface area contributed by atoms with Crippen LogP contribution in [0.3, 0.4) is 0 Å². The highest BCUT2D eigenvalue weighted by molar-refractivity contribution is 6.31. The van der Waals surface area contributed by atoms with Crippen LogP contribution in [0.1, 0.15) is 39.0 Å². The second-order valence-electron chi connectivity index (χ2n) is 7.95. The van der Waals surface area contributed by atoms with Gasteiger partial charge < -0.3 is 10.0 Å². The van der Waals surface area contributed by atoms with Gasteiger partial charge in [0.15, 0.2) is 11.4 Å². The molecule has 0 saturated carbocycles. The molecule has 3 aromatic rings. The Labute approximate surface area is 191 Å². The second kappa shape index (κ2) is 8.12. The van der Waals surface area contributed by atoms with E-state index in [2.05, 4.69) is 6.07 Å². The summed E-state index contributed by atoms with van der Waals surface area (Å²) in [6.45, 7) is 4.29. The first-order chi connectivity index (χ1) is 14.7. The molecule has 0 aliphatic carbocycles. The van der Waals surface area contributed by atoms with Crippen molar-refractivity contribution in [2.45, 2.75) is 32.4 Å². The first-order valence-corrected chi connectivity index (χ1v) is 10.6. The summed E-state index contributed by atoms with van der Waals surface area (Å²) in [6.07, 6.45) is -0.385. The fourth-order valence-corrected chi connectivity index (χ4v) is 4.31. The summed E-state index contributed by atoms with van der Waals surface area (Å²) in [5, 5.41) is 12.4. The van der Waals surface area contributed by atoms with Gasteiger partial charge in [0.2, 0.25) is 0 Å². The molecule has 0 aromatic heterocycles. The highest BCUT2D eigenvalue weighted by Crippen LogP contribution is 2.45. The van der Waals surface area contributed by atoms with Crippen molar-refractivity contribution in [3.8, 4) is 0 Å². The third-order valence-corrected chi connectivity index (χ3v) is 6.19. The Morgan fingerprint density at radius 1 is 0.968 bits per heavy atom. The van der Waals surface area contributed by atoms with Crippen LogP contribution in [0.2, 0.25) is 10.0 Å². The van der Waals surface area contributed by atoms with Crippen LogP contribution in [0.5, 0.6) is 0 Å². The number of aryl methyl sites for hydroxylation is 2. The number of benzene rings is 3. The predicted molar refractivity (Wildman–Crippen MR) is 123 cm³/mol. The summed E-state index contributed by atoms with van der Waals surface area (Å²) < 4.78 is 0. The molecule has 0 radical (unpaired) electrons. The van der Waals surface area contributed by atoms with E-state index in [1.807, 2.05) is 26.0 Å². The number of nitrogens with zero attached hydrogens (tertiary/aromatic N) is 1. The predicted octanol–water partition coefficient (Wildman–Crippen LogP) is 5.62. The number of rotatable bonds is 5. The summed E-state index contributed by atoms with van der Waals surface area (Å²) in [7, 11) is 0. The minimum Gasteiger partial charge on any atom is -0.375 e. The highest BCUT2D eigenvalue weighted by atomic mass is 35.5. The Hall–Kier alpha value is -2.66. The number of carbonyl (C=O) groups excluding carboxylic acids is 2. The van der Waals surface area contributed by atoms with Crippen LogP contribution in [-0.2, 0) is 16.9 Å². The number of hydrogen-bond acceptors (Lipinski definition) is 3. The molecule has 1 heterocycles. The standard InChI is InChI=1S/C25H21Cl2NO3/c1-15-3-4-18(16(2)11-15)14-28-22-10-9-20(27)12-21(22)25(31,24(28)30)13-23(29)17-5-7-19(26)8-6-17/h3-12,31H,13-14H2,1-2H3. The number of carbonyl (C=O) groups is 2. The minimum absolute atomic E-state index is 0.289. The van der Waals surface area contributed by atoms with Gasteiger partial charge in [-0.2, -0.15) is 0 Å². The summed E-state index contributed by atoms with van der Waals surface area (Å²) >= 11 is 12.1. The van der Waals surface area contributed by atoms with Crippen LogP contribution < -0.4 is 4.90 Å². The average molecular weight is 454 g/mol. The van der Waals surface area contributed by atoms with Crippen molar-refractivity contribution in [3.05, 3.63) is 98.5 Å². The number of aliphatic hydroxyl groups is 1. The Kier molecular flexibility index (Phi) is 5.65. The maximum absolute atomic E-state index is 13.5. The molecule has 1 N–H and O–H groups in total. The third-order valence-electron chi connectivity index (χ3n) is 5.70. The van der Waals surface area contributed by atoms with E-state index in [1.54, 1.807) is 42.5 Å². The van der Waals surface area contributed by atoms with Crippen molar-refractivity contribution in [2.24, 2.45) is 0 Å². The van der Waals surface area contributed by atoms with Gasteiger partial charge in [-0.3, -0.25) is 9.59 Å². The summed E-state index contributed by atoms with van der Waals surface area (Å²) in [5.74, 6) is -0.890. The Morgan fingerprint density at radius 3 is 2.32 bits per heavy atom. The zero-order valence-electron chi connectivity index (χ0n) is 17.2. The fraction of sp³-hybridized carbons (Fsp3) is 0.200. The molecule has 0 spiro atoms. The fourth-order valence-electron chi connectivity index (χ4n) is 4.01. The molecule has 31 heavy (non-hydrogen) atoms. The maximum atomic E-state index is 13.5. The van der Waals surface area contributed by atoms with Crippen LogP contribution in [0.4, 0.5) is 5.69 Å². The van der Waals surface area contributed by atoms with Crippen molar-refractivity contribution in [1.82, 2.24) is 0 Å². The molecule has 158 valence electrons. The summed E-state index contributed by atoms with van der Waals surface area (Å²) in [4.78, 5) is 27.9. The van der Waals surface area contributed by atoms with Crippen LogP contribution in [-0.4, -0.2) is 16.8 Å². The summed E-state index contributed by atoms with van der Waals surface area (Å²) in [5.41, 5.74) is 2.44. The maximum Gasteiger partial charge on any atom is 0.264 e. The van der Waals surface area contributed by atoms with E-state index in [9.17, 15) is 14.7 Å². The Balaban J connectivity index is 1.71. The molecule has 0 bridgehead atoms. The number of anilines is 1. The van der Waals surface area contributed by atoms with Crippen molar-refractivity contribution in [1.29, 1.82) is 0 Å². The monoisotopic (exact) mass is 453 g/mol. The highest BCUT2D eigenvalue weighted by Gasteiger charge is 2.51. The van der Waals surface area contributed by atoms with Crippen molar-refractivity contribution >= 4 is 40.6 Å². The largest absolute Gasteiger partial charge is 0.375 e. The van der Waals surface area contributed by atoms with Gasteiger partial charge in [0.1, 0.15) is 0 Å². The molecule has 1 unspecified atom stereocenters. The smallest absolute Gasteiger partial charge is 0.264 e. The molecule has 1 amide bonds. The van der Waals surface area contributed by atoms with Crippen molar-refractivity contribution in [3.63, 3.8) is 0 Å². The minimum atomic E-state index is -1.99. The lowest BCUT2D eigenvalue weighted by Gasteiger charge is -2.23. The van der Waals surface area contributed by atoms with E-state index in [4.69, 9.17) is 23.2 Å². The Morgan fingerprint density at radius 2 is 1.65 bits per heavy atom. The van der Waals surface area contributed by atoms with Gasteiger partial charge >= 0.3 is 0 Å². The van der Waals surface area contributed by atoms with Gasteiger partial charge in [-0.1, -0.05) is 47.0 Å². The van der Waals surface area contributed by atoms with E-state index in [-0.39, 0.29) is 18.7 Å². The van der Waals surface area contributed by atoms with Crippen LogP contribution in [0, 0.1) is 13.8 Å².